The molecule has 1 amide bonds. The van der Waals surface area contributed by atoms with Crippen molar-refractivity contribution < 1.29 is 13.9 Å². The zero-order valence-electron chi connectivity index (χ0n) is 18.7. The van der Waals surface area contributed by atoms with Crippen molar-refractivity contribution >= 4 is 5.91 Å². The monoisotopic (exact) mass is 443 g/mol. The molecule has 168 valence electrons. The first-order valence-corrected chi connectivity index (χ1v) is 11.0. The standard InChI is InChI=1S/C27H26FN3O2/c1-3-18-30(26(32)23-16-10-11-17-25(23)28)19-24-20(2)29-31(21-12-6-4-7-13-21)27(24)33-22-14-8-5-9-15-22/h4-17H,3,18-19H2,1-2H3. The molecule has 0 bridgehead atoms. The number of aryl methyl sites for hydroxylation is 1. The van der Waals surface area contributed by atoms with Gasteiger partial charge in [0.05, 0.1) is 29.1 Å². The molecule has 0 N–H and O–H groups in total. The smallest absolute Gasteiger partial charge is 0.257 e. The Morgan fingerprint density at radius 3 is 2.27 bits per heavy atom. The van der Waals surface area contributed by atoms with Gasteiger partial charge in [0.2, 0.25) is 5.88 Å². The van der Waals surface area contributed by atoms with E-state index in [4.69, 9.17) is 9.84 Å². The fraction of sp³-hybridized carbons (Fsp3) is 0.185. The van der Waals surface area contributed by atoms with Crippen LogP contribution in [0.2, 0.25) is 0 Å². The minimum atomic E-state index is -0.527. The minimum absolute atomic E-state index is 0.0598. The Labute approximate surface area is 193 Å². The maximum absolute atomic E-state index is 14.4. The molecule has 1 heterocycles. The third-order valence-electron chi connectivity index (χ3n) is 5.33. The summed E-state index contributed by atoms with van der Waals surface area (Å²) in [5.41, 5.74) is 2.43. The van der Waals surface area contributed by atoms with Gasteiger partial charge in [0.1, 0.15) is 11.6 Å². The van der Waals surface area contributed by atoms with E-state index in [-0.39, 0.29) is 18.0 Å². The molecule has 0 aliphatic carbocycles. The number of benzene rings is 3. The number of ether oxygens (including phenoxy) is 1. The molecular formula is C27H26FN3O2. The van der Waals surface area contributed by atoms with Crippen LogP contribution >= 0.6 is 0 Å². The largest absolute Gasteiger partial charge is 0.439 e. The van der Waals surface area contributed by atoms with Gasteiger partial charge in [0.25, 0.3) is 5.91 Å². The Balaban J connectivity index is 1.76. The average molecular weight is 444 g/mol. The van der Waals surface area contributed by atoms with E-state index in [1.54, 1.807) is 21.7 Å². The number of amides is 1. The zero-order chi connectivity index (χ0) is 23.2. The van der Waals surface area contributed by atoms with Crippen molar-refractivity contribution in [1.82, 2.24) is 14.7 Å². The molecule has 33 heavy (non-hydrogen) atoms. The van der Waals surface area contributed by atoms with Gasteiger partial charge in [-0.15, -0.1) is 0 Å². The van der Waals surface area contributed by atoms with Crippen LogP contribution < -0.4 is 4.74 Å². The van der Waals surface area contributed by atoms with E-state index in [2.05, 4.69) is 0 Å². The second-order valence-corrected chi connectivity index (χ2v) is 7.74. The van der Waals surface area contributed by atoms with E-state index < -0.39 is 5.82 Å². The van der Waals surface area contributed by atoms with Crippen LogP contribution in [0.5, 0.6) is 11.6 Å². The highest BCUT2D eigenvalue weighted by molar-refractivity contribution is 5.94. The van der Waals surface area contributed by atoms with E-state index >= 15 is 0 Å². The summed E-state index contributed by atoms with van der Waals surface area (Å²) in [6, 6.07) is 25.2. The lowest BCUT2D eigenvalue weighted by molar-refractivity contribution is 0.0737. The van der Waals surface area contributed by atoms with Crippen LogP contribution in [-0.2, 0) is 6.54 Å². The van der Waals surface area contributed by atoms with Gasteiger partial charge in [-0.1, -0.05) is 55.5 Å². The number of halogens is 1. The fourth-order valence-corrected chi connectivity index (χ4v) is 3.69. The molecule has 0 radical (unpaired) electrons. The molecule has 0 fully saturated rings. The van der Waals surface area contributed by atoms with Gasteiger partial charge in [-0.3, -0.25) is 4.79 Å². The van der Waals surface area contributed by atoms with Crippen molar-refractivity contribution in [2.45, 2.75) is 26.8 Å². The second-order valence-electron chi connectivity index (χ2n) is 7.74. The summed E-state index contributed by atoms with van der Waals surface area (Å²) in [4.78, 5) is 14.9. The topological polar surface area (TPSA) is 47.4 Å². The first-order valence-electron chi connectivity index (χ1n) is 11.0. The molecule has 4 aromatic rings. The number of carbonyl (C=O) groups is 1. The average Bonchev–Trinajstić information content (AvgIpc) is 3.14. The third kappa shape index (κ3) is 4.95. The number of carbonyl (C=O) groups excluding carboxylic acids is 1. The maximum Gasteiger partial charge on any atom is 0.257 e. The third-order valence-corrected chi connectivity index (χ3v) is 5.33. The lowest BCUT2D eigenvalue weighted by atomic mass is 10.1. The van der Waals surface area contributed by atoms with Crippen molar-refractivity contribution in [3.05, 3.63) is 108 Å². The van der Waals surface area contributed by atoms with Gasteiger partial charge in [0.15, 0.2) is 0 Å². The normalized spacial score (nSPS) is 10.8. The van der Waals surface area contributed by atoms with Gasteiger partial charge in [-0.25, -0.2) is 9.07 Å². The molecule has 0 aliphatic rings. The number of aromatic nitrogens is 2. The summed E-state index contributed by atoms with van der Waals surface area (Å²) in [5, 5.41) is 4.72. The number of hydrogen-bond donors (Lipinski definition) is 0. The van der Waals surface area contributed by atoms with Gasteiger partial charge in [0, 0.05) is 6.54 Å². The lowest BCUT2D eigenvalue weighted by Crippen LogP contribution is -2.32. The van der Waals surface area contributed by atoms with Gasteiger partial charge in [-0.2, -0.15) is 5.10 Å². The van der Waals surface area contributed by atoms with E-state index in [0.29, 0.717) is 18.2 Å². The molecule has 0 saturated heterocycles. The second kappa shape index (κ2) is 10.1. The van der Waals surface area contributed by atoms with Crippen LogP contribution in [0.15, 0.2) is 84.9 Å². The summed E-state index contributed by atoms with van der Waals surface area (Å²) in [7, 11) is 0. The summed E-state index contributed by atoms with van der Waals surface area (Å²) < 4.78 is 22.4. The van der Waals surface area contributed by atoms with Crippen LogP contribution in [0, 0.1) is 12.7 Å². The van der Waals surface area contributed by atoms with Gasteiger partial charge >= 0.3 is 0 Å². The highest BCUT2D eigenvalue weighted by atomic mass is 19.1. The molecule has 6 heteroatoms. The Morgan fingerprint density at radius 2 is 1.61 bits per heavy atom. The van der Waals surface area contributed by atoms with E-state index in [0.717, 1.165) is 23.4 Å². The fourth-order valence-electron chi connectivity index (χ4n) is 3.69. The van der Waals surface area contributed by atoms with Crippen molar-refractivity contribution in [3.8, 4) is 17.3 Å². The Morgan fingerprint density at radius 1 is 0.970 bits per heavy atom. The van der Waals surface area contributed by atoms with Crippen molar-refractivity contribution in [2.24, 2.45) is 0 Å². The molecule has 5 nitrogen and oxygen atoms in total. The van der Waals surface area contributed by atoms with Crippen molar-refractivity contribution in [2.75, 3.05) is 6.54 Å². The first-order chi connectivity index (χ1) is 16.1. The highest BCUT2D eigenvalue weighted by Gasteiger charge is 2.25. The molecule has 0 unspecified atom stereocenters. The van der Waals surface area contributed by atoms with Crippen molar-refractivity contribution in [3.63, 3.8) is 0 Å². The Hall–Kier alpha value is -3.93. The summed E-state index contributed by atoms with van der Waals surface area (Å²) in [5.74, 6) is 0.319. The predicted molar refractivity (Wildman–Crippen MR) is 126 cm³/mol. The minimum Gasteiger partial charge on any atom is -0.439 e. The van der Waals surface area contributed by atoms with Crippen molar-refractivity contribution in [1.29, 1.82) is 0 Å². The zero-order valence-corrected chi connectivity index (χ0v) is 18.7. The maximum atomic E-state index is 14.4. The Bertz CT molecular complexity index is 1220. The number of hydrogen-bond acceptors (Lipinski definition) is 3. The molecule has 4 rings (SSSR count). The molecule has 0 atom stereocenters. The van der Waals surface area contributed by atoms with Crippen LogP contribution in [0.4, 0.5) is 4.39 Å². The molecule has 0 aliphatic heterocycles. The van der Waals surface area contributed by atoms with E-state index in [9.17, 15) is 9.18 Å². The number of para-hydroxylation sites is 2. The van der Waals surface area contributed by atoms with Crippen LogP contribution in [0.25, 0.3) is 5.69 Å². The van der Waals surface area contributed by atoms with Crippen LogP contribution in [-0.4, -0.2) is 27.1 Å². The first kappa shape index (κ1) is 22.3. The quantitative estimate of drug-likeness (QED) is 0.327. The summed E-state index contributed by atoms with van der Waals surface area (Å²) in [6.07, 6.45) is 0.737. The number of nitrogens with zero attached hydrogens (tertiary/aromatic N) is 3. The molecule has 1 aromatic heterocycles. The Kier molecular flexibility index (Phi) is 6.83. The SMILES string of the molecule is CCCN(Cc1c(C)nn(-c2ccccc2)c1Oc1ccccc1)C(=O)c1ccccc1F. The lowest BCUT2D eigenvalue weighted by Gasteiger charge is -2.23. The van der Waals surface area contributed by atoms with Crippen LogP contribution in [0.1, 0.15) is 35.0 Å². The summed E-state index contributed by atoms with van der Waals surface area (Å²) in [6.45, 7) is 4.61. The van der Waals surface area contributed by atoms with E-state index in [1.165, 1.54) is 12.1 Å². The molecule has 0 spiro atoms. The predicted octanol–water partition coefficient (Wildman–Crippen LogP) is 6.16. The van der Waals surface area contributed by atoms with Crippen LogP contribution in [0.3, 0.4) is 0 Å². The van der Waals surface area contributed by atoms with Gasteiger partial charge in [-0.05, 0) is 49.7 Å². The molecular weight excluding hydrogens is 417 g/mol. The number of rotatable bonds is 8. The van der Waals surface area contributed by atoms with Gasteiger partial charge < -0.3 is 9.64 Å². The summed E-state index contributed by atoms with van der Waals surface area (Å²) >= 11 is 0. The molecule has 0 saturated carbocycles. The molecule has 3 aromatic carbocycles. The highest BCUT2D eigenvalue weighted by Crippen LogP contribution is 2.32. The van der Waals surface area contributed by atoms with E-state index in [1.807, 2.05) is 74.5 Å².